The van der Waals surface area contributed by atoms with Crippen LogP contribution in [-0.4, -0.2) is 42.5 Å². The van der Waals surface area contributed by atoms with Gasteiger partial charge in [0.2, 0.25) is 11.7 Å². The van der Waals surface area contributed by atoms with Crippen molar-refractivity contribution < 1.29 is 13.7 Å². The summed E-state index contributed by atoms with van der Waals surface area (Å²) in [7, 11) is 0. The van der Waals surface area contributed by atoms with Crippen molar-refractivity contribution >= 4 is 5.91 Å². The molecule has 2 aromatic heterocycles. The fourth-order valence-corrected chi connectivity index (χ4v) is 4.18. The highest BCUT2D eigenvalue weighted by Crippen LogP contribution is 2.35. The number of hydrogen-bond donors (Lipinski definition) is 0. The number of carbonyl (C=O) groups is 1. The van der Waals surface area contributed by atoms with Gasteiger partial charge < -0.3 is 9.42 Å². The molecule has 0 N–H and O–H groups in total. The number of benzene rings is 2. The first-order chi connectivity index (χ1) is 15.5. The van der Waals surface area contributed by atoms with Gasteiger partial charge in [0.05, 0.1) is 18.0 Å². The molecule has 0 bridgehead atoms. The van der Waals surface area contributed by atoms with Gasteiger partial charge in [0.25, 0.3) is 5.91 Å². The number of aromatic nitrogens is 5. The van der Waals surface area contributed by atoms with E-state index in [9.17, 15) is 9.18 Å². The fraction of sp³-hybridized carbons (Fsp3) is 0.261. The zero-order valence-electron chi connectivity index (χ0n) is 17.7. The standard InChI is InChI=1S/C23H21FN6O2/c1-14-6-3-8-17(20(14)30-25-11-12-26-30)23(31)29-13-5-10-19(29)22-27-21(28-32-22)16-7-4-9-18(24)15(16)2/h3-4,6-9,11-12,19H,5,10,13H2,1-2H3. The number of nitrogens with zero attached hydrogens (tertiary/aromatic N) is 6. The molecule has 8 nitrogen and oxygen atoms in total. The van der Waals surface area contributed by atoms with Crippen LogP contribution in [0.3, 0.4) is 0 Å². The minimum Gasteiger partial charge on any atom is -0.337 e. The van der Waals surface area contributed by atoms with Crippen molar-refractivity contribution in [3.8, 4) is 17.1 Å². The van der Waals surface area contributed by atoms with Gasteiger partial charge in [-0.05, 0) is 49.9 Å². The van der Waals surface area contributed by atoms with E-state index in [1.807, 2.05) is 19.1 Å². The summed E-state index contributed by atoms with van der Waals surface area (Å²) in [5, 5.41) is 12.5. The number of likely N-dealkylation sites (tertiary alicyclic amines) is 1. The first-order valence-electron chi connectivity index (χ1n) is 10.4. The van der Waals surface area contributed by atoms with Gasteiger partial charge in [-0.15, -0.1) is 0 Å². The number of halogens is 1. The molecule has 1 unspecified atom stereocenters. The van der Waals surface area contributed by atoms with Gasteiger partial charge in [-0.2, -0.15) is 20.0 Å². The Morgan fingerprint density at radius 1 is 1.12 bits per heavy atom. The van der Waals surface area contributed by atoms with Crippen LogP contribution in [0.2, 0.25) is 0 Å². The summed E-state index contributed by atoms with van der Waals surface area (Å²) in [6.07, 6.45) is 4.67. The summed E-state index contributed by atoms with van der Waals surface area (Å²) in [5.74, 6) is 0.185. The van der Waals surface area contributed by atoms with Gasteiger partial charge >= 0.3 is 0 Å². The molecule has 0 spiro atoms. The number of aryl methyl sites for hydroxylation is 1. The molecule has 0 saturated carbocycles. The topological polar surface area (TPSA) is 89.9 Å². The highest BCUT2D eigenvalue weighted by molar-refractivity contribution is 5.98. The van der Waals surface area contributed by atoms with Crippen LogP contribution in [0.1, 0.15) is 46.3 Å². The van der Waals surface area contributed by atoms with Crippen molar-refractivity contribution in [2.75, 3.05) is 6.54 Å². The highest BCUT2D eigenvalue weighted by Gasteiger charge is 2.36. The van der Waals surface area contributed by atoms with Crippen LogP contribution < -0.4 is 0 Å². The monoisotopic (exact) mass is 432 g/mol. The largest absolute Gasteiger partial charge is 0.337 e. The first-order valence-corrected chi connectivity index (χ1v) is 10.4. The Hall–Kier alpha value is -3.88. The predicted molar refractivity (Wildman–Crippen MR) is 114 cm³/mol. The molecule has 3 heterocycles. The van der Waals surface area contributed by atoms with Crippen LogP contribution in [-0.2, 0) is 0 Å². The van der Waals surface area contributed by atoms with Gasteiger partial charge in [-0.25, -0.2) is 4.39 Å². The molecule has 1 amide bonds. The smallest absolute Gasteiger partial charge is 0.256 e. The zero-order valence-corrected chi connectivity index (χ0v) is 17.7. The van der Waals surface area contributed by atoms with Crippen LogP contribution >= 0.6 is 0 Å². The third-order valence-electron chi connectivity index (χ3n) is 5.84. The molecule has 9 heteroatoms. The lowest BCUT2D eigenvalue weighted by atomic mass is 10.1. The molecule has 0 aliphatic carbocycles. The number of hydrogen-bond acceptors (Lipinski definition) is 6. The average molecular weight is 432 g/mol. The maximum absolute atomic E-state index is 14.0. The van der Waals surface area contributed by atoms with Gasteiger partial charge in [-0.3, -0.25) is 4.79 Å². The molecule has 1 aliphatic heterocycles. The third kappa shape index (κ3) is 3.35. The summed E-state index contributed by atoms with van der Waals surface area (Å²) in [6, 6.07) is 9.95. The van der Waals surface area contributed by atoms with E-state index in [0.29, 0.717) is 47.1 Å². The van der Waals surface area contributed by atoms with Crippen LogP contribution in [0, 0.1) is 19.7 Å². The van der Waals surface area contributed by atoms with Crippen LogP contribution in [0.25, 0.3) is 17.1 Å². The Morgan fingerprint density at radius 2 is 1.91 bits per heavy atom. The Morgan fingerprint density at radius 3 is 2.72 bits per heavy atom. The molecular formula is C23H21FN6O2. The van der Waals surface area contributed by atoms with E-state index < -0.39 is 0 Å². The van der Waals surface area contributed by atoms with E-state index in [1.54, 1.807) is 42.4 Å². The van der Waals surface area contributed by atoms with Crippen molar-refractivity contribution in [1.29, 1.82) is 0 Å². The van der Waals surface area contributed by atoms with E-state index in [4.69, 9.17) is 4.52 Å². The minimum atomic E-state index is -0.350. The van der Waals surface area contributed by atoms with Gasteiger partial charge in [-0.1, -0.05) is 29.4 Å². The lowest BCUT2D eigenvalue weighted by Crippen LogP contribution is -2.32. The van der Waals surface area contributed by atoms with Crippen molar-refractivity contribution in [3.63, 3.8) is 0 Å². The maximum atomic E-state index is 14.0. The summed E-state index contributed by atoms with van der Waals surface area (Å²) >= 11 is 0. The molecular weight excluding hydrogens is 411 g/mol. The minimum absolute atomic E-state index is 0.148. The average Bonchev–Trinajstić information content (AvgIpc) is 3.56. The van der Waals surface area contributed by atoms with Gasteiger partial charge in [0.1, 0.15) is 17.5 Å². The molecule has 162 valence electrons. The Kier molecular flexibility index (Phi) is 5.01. The first kappa shape index (κ1) is 20.0. The zero-order chi connectivity index (χ0) is 22.2. The SMILES string of the molecule is Cc1cccc(C(=O)N2CCCC2c2nc(-c3cccc(F)c3C)no2)c1-n1nccn1. The Labute approximate surface area is 183 Å². The molecule has 0 radical (unpaired) electrons. The van der Waals surface area contributed by atoms with Crippen LogP contribution in [0.15, 0.2) is 53.3 Å². The molecule has 4 aromatic rings. The fourth-order valence-electron chi connectivity index (χ4n) is 4.18. The number of amides is 1. The normalized spacial score (nSPS) is 16.0. The lowest BCUT2D eigenvalue weighted by molar-refractivity contribution is 0.0709. The van der Waals surface area contributed by atoms with Crippen LogP contribution in [0.5, 0.6) is 0 Å². The van der Waals surface area contributed by atoms with Crippen molar-refractivity contribution in [1.82, 2.24) is 30.0 Å². The molecule has 1 fully saturated rings. The highest BCUT2D eigenvalue weighted by atomic mass is 19.1. The summed E-state index contributed by atoms with van der Waals surface area (Å²) in [5.41, 5.74) is 3.07. The second-order valence-electron chi connectivity index (χ2n) is 7.81. The molecule has 1 atom stereocenters. The quantitative estimate of drug-likeness (QED) is 0.483. The number of carbonyl (C=O) groups excluding carboxylic acids is 1. The molecule has 5 rings (SSSR count). The molecule has 1 saturated heterocycles. The van der Waals surface area contributed by atoms with Gasteiger partial charge in [0, 0.05) is 12.1 Å². The lowest BCUT2D eigenvalue weighted by Gasteiger charge is -2.23. The third-order valence-corrected chi connectivity index (χ3v) is 5.84. The summed E-state index contributed by atoms with van der Waals surface area (Å²) in [6.45, 7) is 4.16. The molecule has 1 aliphatic rings. The van der Waals surface area contributed by atoms with E-state index in [0.717, 1.165) is 12.0 Å². The Balaban J connectivity index is 1.48. The Bertz CT molecular complexity index is 1280. The molecule has 32 heavy (non-hydrogen) atoms. The number of rotatable bonds is 4. The van der Waals surface area contributed by atoms with Crippen molar-refractivity contribution in [2.45, 2.75) is 32.7 Å². The summed E-state index contributed by atoms with van der Waals surface area (Å²) < 4.78 is 19.5. The van der Waals surface area contributed by atoms with Crippen LogP contribution in [0.4, 0.5) is 4.39 Å². The molecule has 2 aromatic carbocycles. The second kappa shape index (κ2) is 7.99. The number of para-hydroxylation sites is 1. The maximum Gasteiger partial charge on any atom is 0.256 e. The van der Waals surface area contributed by atoms with Gasteiger partial charge in [0.15, 0.2) is 0 Å². The summed E-state index contributed by atoms with van der Waals surface area (Å²) in [4.78, 5) is 21.3. The van der Waals surface area contributed by atoms with Crippen molar-refractivity contribution in [3.05, 3.63) is 77.2 Å². The predicted octanol–water partition coefficient (Wildman–Crippen LogP) is 4.05. The van der Waals surface area contributed by atoms with E-state index in [2.05, 4.69) is 20.3 Å². The van der Waals surface area contributed by atoms with E-state index in [-0.39, 0.29) is 17.8 Å². The van der Waals surface area contributed by atoms with E-state index in [1.165, 1.54) is 10.9 Å². The van der Waals surface area contributed by atoms with Crippen molar-refractivity contribution in [2.24, 2.45) is 0 Å². The second-order valence-corrected chi connectivity index (χ2v) is 7.81. The van der Waals surface area contributed by atoms with E-state index >= 15 is 0 Å².